The second-order valence-electron chi connectivity index (χ2n) is 4.78. The van der Waals surface area contributed by atoms with Gasteiger partial charge in [-0.3, -0.25) is 0 Å². The Labute approximate surface area is 122 Å². The maximum atomic E-state index is 11.9. The molecule has 2 N–H and O–H groups in total. The van der Waals surface area contributed by atoms with E-state index in [0.29, 0.717) is 15.4 Å². The average molecular weight is 297 g/mol. The van der Waals surface area contributed by atoms with E-state index >= 15 is 0 Å². The molecule has 0 unspecified atom stereocenters. The third-order valence-electron chi connectivity index (χ3n) is 3.58. The quantitative estimate of drug-likeness (QED) is 0.864. The van der Waals surface area contributed by atoms with Crippen LogP contribution in [0.5, 0.6) is 0 Å². The van der Waals surface area contributed by atoms with Crippen molar-refractivity contribution in [3.63, 3.8) is 0 Å². The van der Waals surface area contributed by atoms with Gasteiger partial charge in [0.15, 0.2) is 0 Å². The molecule has 1 aliphatic carbocycles. The number of nitrogens with two attached hydrogens (primary N) is 1. The lowest BCUT2D eigenvalue weighted by molar-refractivity contribution is 0.0532. The van der Waals surface area contributed by atoms with Crippen LogP contribution in [0.3, 0.4) is 0 Å². The standard InChI is InChI=1S/C14H19NO4S/c1-3-19-14(17)12-10(15)9(8-6-4-5-7-8)11(20-12)13(16)18-2/h8H,3-7,15H2,1-2H3. The fraction of sp³-hybridized carbons (Fsp3) is 0.571. The van der Waals surface area contributed by atoms with Crippen molar-refractivity contribution in [3.8, 4) is 0 Å². The molecule has 1 aromatic rings. The summed E-state index contributed by atoms with van der Waals surface area (Å²) >= 11 is 1.08. The van der Waals surface area contributed by atoms with E-state index in [4.69, 9.17) is 15.2 Å². The first-order valence-corrected chi connectivity index (χ1v) is 7.59. The fourth-order valence-electron chi connectivity index (χ4n) is 2.67. The van der Waals surface area contributed by atoms with Gasteiger partial charge in [0.05, 0.1) is 19.4 Å². The van der Waals surface area contributed by atoms with Crippen LogP contribution < -0.4 is 5.73 Å². The SMILES string of the molecule is CCOC(=O)c1sc(C(=O)OC)c(C2CCCC2)c1N. The summed E-state index contributed by atoms with van der Waals surface area (Å²) in [5.74, 6) is -0.660. The van der Waals surface area contributed by atoms with E-state index in [1.54, 1.807) is 6.92 Å². The minimum atomic E-state index is -0.468. The molecule has 6 heteroatoms. The van der Waals surface area contributed by atoms with Gasteiger partial charge in [-0.25, -0.2) is 9.59 Å². The molecule has 110 valence electrons. The Morgan fingerprint density at radius 3 is 2.45 bits per heavy atom. The van der Waals surface area contributed by atoms with Crippen LogP contribution in [0.15, 0.2) is 0 Å². The summed E-state index contributed by atoms with van der Waals surface area (Å²) in [4.78, 5) is 24.6. The van der Waals surface area contributed by atoms with Gasteiger partial charge in [-0.1, -0.05) is 12.8 Å². The Bertz CT molecular complexity index is 517. The van der Waals surface area contributed by atoms with Crippen molar-refractivity contribution in [2.24, 2.45) is 0 Å². The van der Waals surface area contributed by atoms with Crippen LogP contribution in [0.4, 0.5) is 5.69 Å². The predicted molar refractivity (Wildman–Crippen MR) is 77.2 cm³/mol. The number of hydrogen-bond donors (Lipinski definition) is 1. The van der Waals surface area contributed by atoms with Crippen molar-refractivity contribution in [1.82, 2.24) is 0 Å². The first kappa shape index (κ1) is 14.8. The van der Waals surface area contributed by atoms with Gasteiger partial charge in [-0.2, -0.15) is 0 Å². The maximum Gasteiger partial charge on any atom is 0.350 e. The van der Waals surface area contributed by atoms with Crippen molar-refractivity contribution in [2.45, 2.75) is 38.5 Å². The van der Waals surface area contributed by atoms with Gasteiger partial charge in [0.2, 0.25) is 0 Å². The molecule has 0 radical (unpaired) electrons. The Morgan fingerprint density at radius 1 is 1.25 bits per heavy atom. The Hall–Kier alpha value is -1.56. The zero-order chi connectivity index (χ0) is 14.7. The number of methoxy groups -OCH3 is 1. The highest BCUT2D eigenvalue weighted by Gasteiger charge is 2.31. The van der Waals surface area contributed by atoms with Crippen LogP contribution in [-0.4, -0.2) is 25.7 Å². The van der Waals surface area contributed by atoms with Gasteiger partial charge in [-0.05, 0) is 25.7 Å². The van der Waals surface area contributed by atoms with E-state index in [-0.39, 0.29) is 12.5 Å². The van der Waals surface area contributed by atoms with Gasteiger partial charge in [0.25, 0.3) is 0 Å². The van der Waals surface area contributed by atoms with Crippen LogP contribution in [0.1, 0.15) is 63.4 Å². The second-order valence-corrected chi connectivity index (χ2v) is 5.80. The monoisotopic (exact) mass is 297 g/mol. The first-order valence-electron chi connectivity index (χ1n) is 6.77. The lowest BCUT2D eigenvalue weighted by atomic mass is 9.96. The molecule has 0 spiro atoms. The molecular formula is C14H19NO4S. The molecule has 1 fully saturated rings. The summed E-state index contributed by atoms with van der Waals surface area (Å²) in [7, 11) is 1.33. The molecule has 0 aromatic carbocycles. The summed E-state index contributed by atoms with van der Waals surface area (Å²) in [6, 6.07) is 0. The molecule has 5 nitrogen and oxygen atoms in total. The lowest BCUT2D eigenvalue weighted by Crippen LogP contribution is -2.08. The van der Waals surface area contributed by atoms with Gasteiger partial charge in [0, 0.05) is 5.56 Å². The van der Waals surface area contributed by atoms with Crippen molar-refractivity contribution < 1.29 is 19.1 Å². The van der Waals surface area contributed by atoms with Gasteiger partial charge in [-0.15, -0.1) is 11.3 Å². The summed E-state index contributed by atoms with van der Waals surface area (Å²) in [6.07, 6.45) is 4.23. The second kappa shape index (κ2) is 6.26. The lowest BCUT2D eigenvalue weighted by Gasteiger charge is -2.11. The highest BCUT2D eigenvalue weighted by molar-refractivity contribution is 7.16. The van der Waals surface area contributed by atoms with Crippen molar-refractivity contribution in [2.75, 3.05) is 19.5 Å². The highest BCUT2D eigenvalue weighted by atomic mass is 32.1. The largest absolute Gasteiger partial charge is 0.465 e. The average Bonchev–Trinajstić information content (AvgIpc) is 3.05. The zero-order valence-electron chi connectivity index (χ0n) is 11.7. The fourth-order valence-corrected chi connectivity index (χ4v) is 3.79. The molecule has 1 aliphatic rings. The third kappa shape index (κ3) is 2.65. The smallest absolute Gasteiger partial charge is 0.350 e. The van der Waals surface area contributed by atoms with E-state index in [1.807, 2.05) is 0 Å². The van der Waals surface area contributed by atoms with Crippen LogP contribution >= 0.6 is 11.3 Å². The van der Waals surface area contributed by atoms with Gasteiger partial charge < -0.3 is 15.2 Å². The van der Waals surface area contributed by atoms with Crippen LogP contribution in [0, 0.1) is 0 Å². The first-order chi connectivity index (χ1) is 9.60. The number of anilines is 1. The summed E-state index contributed by atoms with van der Waals surface area (Å²) < 4.78 is 9.80. The van der Waals surface area contributed by atoms with E-state index in [9.17, 15) is 9.59 Å². The Morgan fingerprint density at radius 2 is 1.90 bits per heavy atom. The van der Waals surface area contributed by atoms with E-state index in [2.05, 4.69) is 0 Å². The van der Waals surface area contributed by atoms with E-state index in [1.165, 1.54) is 7.11 Å². The molecule has 2 rings (SSSR count). The third-order valence-corrected chi connectivity index (χ3v) is 4.76. The molecule has 20 heavy (non-hydrogen) atoms. The zero-order valence-corrected chi connectivity index (χ0v) is 12.5. The van der Waals surface area contributed by atoms with E-state index in [0.717, 1.165) is 42.6 Å². The molecule has 1 saturated carbocycles. The molecule has 0 atom stereocenters. The number of esters is 2. The van der Waals surface area contributed by atoms with Crippen molar-refractivity contribution in [3.05, 3.63) is 15.3 Å². The molecule has 0 aliphatic heterocycles. The number of ether oxygens (including phenoxy) is 2. The molecule has 1 heterocycles. The normalized spacial score (nSPS) is 15.3. The highest BCUT2D eigenvalue weighted by Crippen LogP contribution is 2.44. The minimum absolute atomic E-state index is 0.239. The number of carbonyl (C=O) groups is 2. The number of nitrogen functional groups attached to an aromatic ring is 1. The Kier molecular flexibility index (Phi) is 4.65. The number of thiophene rings is 1. The van der Waals surface area contributed by atoms with Crippen LogP contribution in [0.2, 0.25) is 0 Å². The number of rotatable bonds is 4. The van der Waals surface area contributed by atoms with Crippen molar-refractivity contribution >= 4 is 29.0 Å². The summed E-state index contributed by atoms with van der Waals surface area (Å²) in [6.45, 7) is 2.02. The molecule has 0 saturated heterocycles. The summed E-state index contributed by atoms with van der Waals surface area (Å²) in [5.41, 5.74) is 7.28. The van der Waals surface area contributed by atoms with Gasteiger partial charge in [0.1, 0.15) is 9.75 Å². The minimum Gasteiger partial charge on any atom is -0.465 e. The maximum absolute atomic E-state index is 11.9. The van der Waals surface area contributed by atoms with Crippen molar-refractivity contribution in [1.29, 1.82) is 0 Å². The molecule has 1 aromatic heterocycles. The summed E-state index contributed by atoms with van der Waals surface area (Å²) in [5, 5.41) is 0. The molecule has 0 amide bonds. The Balaban J connectivity index is 2.46. The van der Waals surface area contributed by atoms with E-state index < -0.39 is 11.9 Å². The predicted octanol–water partition coefficient (Wildman–Crippen LogP) is 2.95. The number of carbonyl (C=O) groups excluding carboxylic acids is 2. The van der Waals surface area contributed by atoms with Crippen LogP contribution in [0.25, 0.3) is 0 Å². The van der Waals surface area contributed by atoms with Gasteiger partial charge >= 0.3 is 11.9 Å². The molecule has 0 bridgehead atoms. The topological polar surface area (TPSA) is 78.6 Å². The molecular weight excluding hydrogens is 278 g/mol. The number of hydrogen-bond acceptors (Lipinski definition) is 6. The van der Waals surface area contributed by atoms with Crippen LogP contribution in [-0.2, 0) is 9.47 Å².